The summed E-state index contributed by atoms with van der Waals surface area (Å²) >= 11 is 5.82. The second-order valence-corrected chi connectivity index (χ2v) is 5.81. The smallest absolute Gasteiger partial charge is 0.125 e. The van der Waals surface area contributed by atoms with Crippen LogP contribution in [-0.2, 0) is 6.54 Å². The van der Waals surface area contributed by atoms with Gasteiger partial charge >= 0.3 is 0 Å². The van der Waals surface area contributed by atoms with Crippen LogP contribution in [0.2, 0.25) is 5.02 Å². The predicted molar refractivity (Wildman–Crippen MR) is 78.0 cm³/mol. The summed E-state index contributed by atoms with van der Waals surface area (Å²) < 4.78 is 13.1. The van der Waals surface area contributed by atoms with Crippen LogP contribution in [0.15, 0.2) is 18.2 Å². The molecule has 1 saturated carbocycles. The first-order valence-corrected chi connectivity index (χ1v) is 7.39. The van der Waals surface area contributed by atoms with E-state index >= 15 is 0 Å². The second-order valence-electron chi connectivity index (χ2n) is 5.37. The average molecular weight is 285 g/mol. The Morgan fingerprint density at radius 2 is 2.05 bits per heavy atom. The van der Waals surface area contributed by atoms with Crippen molar-refractivity contribution in [2.24, 2.45) is 0 Å². The van der Waals surface area contributed by atoms with Gasteiger partial charge in [0.25, 0.3) is 0 Å². The fourth-order valence-corrected chi connectivity index (χ4v) is 2.97. The molecule has 0 unspecified atom stereocenters. The summed E-state index contributed by atoms with van der Waals surface area (Å²) in [7, 11) is 2.19. The molecule has 106 valence electrons. The Morgan fingerprint density at radius 3 is 2.74 bits per heavy atom. The van der Waals surface area contributed by atoms with Crippen LogP contribution in [0.3, 0.4) is 0 Å². The highest BCUT2D eigenvalue weighted by molar-refractivity contribution is 6.30. The highest BCUT2D eigenvalue weighted by Gasteiger charge is 2.18. The molecule has 0 bridgehead atoms. The van der Waals surface area contributed by atoms with Crippen molar-refractivity contribution < 1.29 is 4.39 Å². The van der Waals surface area contributed by atoms with E-state index in [1.165, 1.54) is 37.8 Å². The number of hydrogen-bond donors (Lipinski definition) is 1. The van der Waals surface area contributed by atoms with Crippen molar-refractivity contribution in [2.75, 3.05) is 20.1 Å². The zero-order valence-corrected chi connectivity index (χ0v) is 12.2. The Balaban J connectivity index is 1.68. The summed E-state index contributed by atoms with van der Waals surface area (Å²) in [6.45, 7) is 2.62. The van der Waals surface area contributed by atoms with Gasteiger partial charge in [0.05, 0.1) is 0 Å². The van der Waals surface area contributed by atoms with Crippen molar-refractivity contribution in [3.05, 3.63) is 34.6 Å². The van der Waals surface area contributed by atoms with Gasteiger partial charge in [-0.1, -0.05) is 24.4 Å². The summed E-state index contributed by atoms with van der Waals surface area (Å²) in [5.41, 5.74) is 0.897. The first-order chi connectivity index (χ1) is 9.15. The maximum Gasteiger partial charge on any atom is 0.125 e. The van der Waals surface area contributed by atoms with Crippen LogP contribution >= 0.6 is 11.6 Å². The molecule has 0 amide bonds. The molecule has 2 nitrogen and oxygen atoms in total. The molecule has 0 aliphatic heterocycles. The standard InChI is InChI=1S/C15H22ClFN2/c1-19(15-4-2-3-5-15)7-6-18-11-12-8-13(16)10-14(17)9-12/h8-10,15,18H,2-7,11H2,1H3. The van der Waals surface area contributed by atoms with Crippen LogP contribution in [0, 0.1) is 5.82 Å². The van der Waals surface area contributed by atoms with Gasteiger partial charge in [-0.05, 0) is 43.7 Å². The first-order valence-electron chi connectivity index (χ1n) is 7.01. The minimum absolute atomic E-state index is 0.271. The SMILES string of the molecule is CN(CCNCc1cc(F)cc(Cl)c1)C1CCCC1. The zero-order valence-electron chi connectivity index (χ0n) is 11.5. The third-order valence-electron chi connectivity index (χ3n) is 3.84. The molecule has 0 aromatic heterocycles. The normalized spacial score (nSPS) is 16.4. The topological polar surface area (TPSA) is 15.3 Å². The lowest BCUT2D eigenvalue weighted by atomic mass is 10.2. The molecular weight excluding hydrogens is 263 g/mol. The van der Waals surface area contributed by atoms with Crippen LogP contribution < -0.4 is 5.32 Å². The number of rotatable bonds is 6. The van der Waals surface area contributed by atoms with E-state index in [2.05, 4.69) is 17.3 Å². The Kier molecular flexibility index (Phi) is 5.61. The Bertz CT molecular complexity index is 385. The summed E-state index contributed by atoms with van der Waals surface area (Å²) in [4.78, 5) is 2.43. The molecule has 0 heterocycles. The van der Waals surface area contributed by atoms with Gasteiger partial charge < -0.3 is 10.2 Å². The number of halogens is 2. The van der Waals surface area contributed by atoms with E-state index in [1.807, 2.05) is 0 Å². The number of hydrogen-bond acceptors (Lipinski definition) is 2. The molecule has 0 spiro atoms. The van der Waals surface area contributed by atoms with Gasteiger partial charge in [0.1, 0.15) is 5.82 Å². The van der Waals surface area contributed by atoms with E-state index in [4.69, 9.17) is 11.6 Å². The summed E-state index contributed by atoms with van der Waals surface area (Å²) in [6, 6.07) is 5.42. The number of benzene rings is 1. The van der Waals surface area contributed by atoms with Crippen LogP contribution in [0.4, 0.5) is 4.39 Å². The predicted octanol–water partition coefficient (Wildman–Crippen LogP) is 3.44. The molecule has 4 heteroatoms. The van der Waals surface area contributed by atoms with Gasteiger partial charge in [0, 0.05) is 30.7 Å². The van der Waals surface area contributed by atoms with Crippen molar-refractivity contribution in [3.63, 3.8) is 0 Å². The van der Waals surface area contributed by atoms with Crippen molar-refractivity contribution in [1.82, 2.24) is 10.2 Å². The summed E-state index contributed by atoms with van der Waals surface area (Å²) in [6.07, 6.45) is 5.39. The highest BCUT2D eigenvalue weighted by atomic mass is 35.5. The van der Waals surface area contributed by atoms with Crippen LogP contribution in [0.25, 0.3) is 0 Å². The van der Waals surface area contributed by atoms with Crippen molar-refractivity contribution >= 4 is 11.6 Å². The third kappa shape index (κ3) is 4.75. The summed E-state index contributed by atoms with van der Waals surface area (Å²) in [5.74, 6) is -0.271. The van der Waals surface area contributed by atoms with E-state index in [9.17, 15) is 4.39 Å². The van der Waals surface area contributed by atoms with Crippen LogP contribution in [0.5, 0.6) is 0 Å². The Morgan fingerprint density at radius 1 is 1.32 bits per heavy atom. The molecule has 0 atom stereocenters. The van der Waals surface area contributed by atoms with Crippen molar-refractivity contribution in [1.29, 1.82) is 0 Å². The van der Waals surface area contributed by atoms with E-state index in [0.717, 1.165) is 24.7 Å². The molecular formula is C15H22ClFN2. The van der Waals surface area contributed by atoms with Crippen LogP contribution in [0.1, 0.15) is 31.2 Å². The molecule has 1 aliphatic carbocycles. The largest absolute Gasteiger partial charge is 0.311 e. The Labute approximate surface area is 119 Å². The minimum Gasteiger partial charge on any atom is -0.311 e. The molecule has 0 saturated heterocycles. The van der Waals surface area contributed by atoms with Gasteiger partial charge in [-0.2, -0.15) is 0 Å². The summed E-state index contributed by atoms with van der Waals surface area (Å²) in [5, 5.41) is 3.80. The average Bonchev–Trinajstić information content (AvgIpc) is 2.87. The highest BCUT2D eigenvalue weighted by Crippen LogP contribution is 2.21. The number of nitrogens with zero attached hydrogens (tertiary/aromatic N) is 1. The van der Waals surface area contributed by atoms with E-state index < -0.39 is 0 Å². The second kappa shape index (κ2) is 7.22. The third-order valence-corrected chi connectivity index (χ3v) is 4.06. The molecule has 1 aromatic carbocycles. The Hall–Kier alpha value is -0.640. The van der Waals surface area contributed by atoms with E-state index in [-0.39, 0.29) is 5.82 Å². The zero-order chi connectivity index (χ0) is 13.7. The lowest BCUT2D eigenvalue weighted by Gasteiger charge is -2.24. The molecule has 19 heavy (non-hydrogen) atoms. The van der Waals surface area contributed by atoms with Gasteiger partial charge in [-0.3, -0.25) is 0 Å². The van der Waals surface area contributed by atoms with Crippen LogP contribution in [-0.4, -0.2) is 31.1 Å². The van der Waals surface area contributed by atoms with Crippen molar-refractivity contribution in [2.45, 2.75) is 38.3 Å². The lowest BCUT2D eigenvalue weighted by Crippen LogP contribution is -2.35. The number of likely N-dealkylation sites (N-methyl/N-ethyl adjacent to an activating group) is 1. The lowest BCUT2D eigenvalue weighted by molar-refractivity contribution is 0.245. The minimum atomic E-state index is -0.271. The fourth-order valence-electron chi connectivity index (χ4n) is 2.73. The van der Waals surface area contributed by atoms with E-state index in [1.54, 1.807) is 6.07 Å². The van der Waals surface area contributed by atoms with Gasteiger partial charge in [0.2, 0.25) is 0 Å². The number of nitrogens with one attached hydrogen (secondary N) is 1. The van der Waals surface area contributed by atoms with Gasteiger partial charge in [-0.15, -0.1) is 0 Å². The monoisotopic (exact) mass is 284 g/mol. The van der Waals surface area contributed by atoms with Crippen molar-refractivity contribution in [3.8, 4) is 0 Å². The first kappa shape index (κ1) is 14.8. The quantitative estimate of drug-likeness (QED) is 0.805. The molecule has 1 N–H and O–H groups in total. The molecule has 2 rings (SSSR count). The van der Waals surface area contributed by atoms with Gasteiger partial charge in [0.15, 0.2) is 0 Å². The molecule has 1 aromatic rings. The maximum atomic E-state index is 13.1. The van der Waals surface area contributed by atoms with E-state index in [0.29, 0.717) is 11.6 Å². The molecule has 1 aliphatic rings. The van der Waals surface area contributed by atoms with Gasteiger partial charge in [-0.25, -0.2) is 4.39 Å². The molecule has 0 radical (unpaired) electrons. The maximum absolute atomic E-state index is 13.1. The fraction of sp³-hybridized carbons (Fsp3) is 0.600. The molecule has 1 fully saturated rings.